The number of methoxy groups -OCH3 is 3. The third-order valence-electron chi connectivity index (χ3n) is 4.55. The summed E-state index contributed by atoms with van der Waals surface area (Å²) in [6.07, 6.45) is 4.99. The minimum absolute atomic E-state index is 0.285. The molecule has 30 heavy (non-hydrogen) atoms. The van der Waals surface area contributed by atoms with Gasteiger partial charge in [-0.1, -0.05) is 0 Å². The molecule has 1 aromatic carbocycles. The first-order valence-electron chi connectivity index (χ1n) is 9.64. The standard InChI is InChI=1S/C21H26N4O5/c1-5-30-20(26)14-7-6-10-25(13-14)18-8-9-22-21(24-18)23-15-11-16(27-2)19(29-4)17(12-15)28-3/h8-9,11-13H,5-7,10H2,1-4H3,(H,22,23,24). The van der Waals surface area contributed by atoms with E-state index >= 15 is 0 Å². The van der Waals surface area contributed by atoms with Crippen molar-refractivity contribution in [1.29, 1.82) is 0 Å². The van der Waals surface area contributed by atoms with Crippen LogP contribution in [0.2, 0.25) is 0 Å². The summed E-state index contributed by atoms with van der Waals surface area (Å²) >= 11 is 0. The molecule has 1 aromatic heterocycles. The van der Waals surface area contributed by atoms with Crippen LogP contribution in [0.25, 0.3) is 0 Å². The lowest BCUT2D eigenvalue weighted by atomic mass is 10.1. The van der Waals surface area contributed by atoms with E-state index in [1.807, 2.05) is 4.90 Å². The molecule has 0 amide bonds. The van der Waals surface area contributed by atoms with E-state index < -0.39 is 0 Å². The molecule has 2 aromatic rings. The van der Waals surface area contributed by atoms with Crippen LogP contribution < -0.4 is 24.4 Å². The Bertz CT molecular complexity index is 906. The van der Waals surface area contributed by atoms with Crippen LogP contribution in [0, 0.1) is 0 Å². The van der Waals surface area contributed by atoms with Gasteiger partial charge in [0, 0.05) is 36.8 Å². The number of carbonyl (C=O) groups excluding carboxylic acids is 1. The summed E-state index contributed by atoms with van der Waals surface area (Å²) in [6, 6.07) is 5.35. The zero-order valence-corrected chi connectivity index (χ0v) is 17.6. The highest BCUT2D eigenvalue weighted by Gasteiger charge is 2.19. The van der Waals surface area contributed by atoms with Crippen LogP contribution in [-0.4, -0.2) is 50.4 Å². The smallest absolute Gasteiger partial charge is 0.335 e. The molecule has 0 aliphatic carbocycles. The second-order valence-electron chi connectivity index (χ2n) is 6.45. The molecule has 0 spiro atoms. The van der Waals surface area contributed by atoms with Crippen LogP contribution in [0.1, 0.15) is 19.8 Å². The number of esters is 1. The molecule has 160 valence electrons. The Morgan fingerprint density at radius 3 is 2.53 bits per heavy atom. The maximum atomic E-state index is 12.1. The molecular weight excluding hydrogens is 388 g/mol. The lowest BCUT2D eigenvalue weighted by Crippen LogP contribution is -2.26. The highest BCUT2D eigenvalue weighted by atomic mass is 16.5. The van der Waals surface area contributed by atoms with Gasteiger partial charge in [0.2, 0.25) is 11.7 Å². The molecule has 0 atom stereocenters. The Balaban J connectivity index is 1.84. The number of aromatic nitrogens is 2. The normalized spacial score (nSPS) is 13.3. The van der Waals surface area contributed by atoms with Gasteiger partial charge in [-0.15, -0.1) is 0 Å². The Labute approximate surface area is 175 Å². The lowest BCUT2D eigenvalue weighted by molar-refractivity contribution is -0.138. The van der Waals surface area contributed by atoms with Crippen molar-refractivity contribution in [2.45, 2.75) is 19.8 Å². The van der Waals surface area contributed by atoms with Crippen LogP contribution >= 0.6 is 0 Å². The first-order valence-corrected chi connectivity index (χ1v) is 9.64. The highest BCUT2D eigenvalue weighted by molar-refractivity contribution is 5.89. The summed E-state index contributed by atoms with van der Waals surface area (Å²) in [5.41, 5.74) is 1.32. The fraction of sp³-hybridized carbons (Fsp3) is 0.381. The molecule has 1 N–H and O–H groups in total. The van der Waals surface area contributed by atoms with E-state index in [-0.39, 0.29) is 5.97 Å². The predicted octanol–water partition coefficient (Wildman–Crippen LogP) is 3.29. The molecular formula is C21H26N4O5. The fourth-order valence-corrected chi connectivity index (χ4v) is 3.17. The Hall–Kier alpha value is -3.49. The monoisotopic (exact) mass is 414 g/mol. The molecule has 0 unspecified atom stereocenters. The van der Waals surface area contributed by atoms with Crippen molar-refractivity contribution in [2.75, 3.05) is 44.7 Å². The summed E-state index contributed by atoms with van der Waals surface area (Å²) in [5.74, 6) is 2.35. The maximum absolute atomic E-state index is 12.1. The number of hydrogen-bond donors (Lipinski definition) is 1. The van der Waals surface area contributed by atoms with E-state index in [1.54, 1.807) is 58.8 Å². The first kappa shape index (κ1) is 21.2. The molecule has 3 rings (SSSR count). The van der Waals surface area contributed by atoms with Gasteiger partial charge in [0.25, 0.3) is 0 Å². The number of nitrogens with zero attached hydrogens (tertiary/aromatic N) is 3. The van der Waals surface area contributed by atoms with Gasteiger partial charge >= 0.3 is 5.97 Å². The third kappa shape index (κ3) is 4.73. The molecule has 1 aliphatic rings. The highest BCUT2D eigenvalue weighted by Crippen LogP contribution is 2.40. The Morgan fingerprint density at radius 2 is 1.90 bits per heavy atom. The molecule has 0 bridgehead atoms. The van der Waals surface area contributed by atoms with Crippen molar-refractivity contribution >= 4 is 23.4 Å². The quantitative estimate of drug-likeness (QED) is 0.653. The van der Waals surface area contributed by atoms with Crippen molar-refractivity contribution in [1.82, 2.24) is 9.97 Å². The van der Waals surface area contributed by atoms with Gasteiger partial charge in [-0.2, -0.15) is 4.98 Å². The number of nitrogens with one attached hydrogen (secondary N) is 1. The topological polar surface area (TPSA) is 95.0 Å². The minimum atomic E-state index is -0.285. The van der Waals surface area contributed by atoms with E-state index in [4.69, 9.17) is 18.9 Å². The van der Waals surface area contributed by atoms with E-state index in [1.165, 1.54) is 0 Å². The van der Waals surface area contributed by atoms with Gasteiger partial charge in [-0.05, 0) is 25.8 Å². The second-order valence-corrected chi connectivity index (χ2v) is 6.45. The van der Waals surface area contributed by atoms with Crippen molar-refractivity contribution in [3.63, 3.8) is 0 Å². The zero-order chi connectivity index (χ0) is 21.5. The molecule has 9 heteroatoms. The summed E-state index contributed by atoms with van der Waals surface area (Å²) in [7, 11) is 4.67. The van der Waals surface area contributed by atoms with E-state index in [2.05, 4.69) is 15.3 Å². The van der Waals surface area contributed by atoms with Gasteiger partial charge < -0.3 is 29.2 Å². The molecule has 0 saturated carbocycles. The largest absolute Gasteiger partial charge is 0.493 e. The molecule has 9 nitrogen and oxygen atoms in total. The number of hydrogen-bond acceptors (Lipinski definition) is 9. The number of benzene rings is 1. The van der Waals surface area contributed by atoms with Crippen LogP contribution in [0.15, 0.2) is 36.2 Å². The maximum Gasteiger partial charge on any atom is 0.335 e. The Morgan fingerprint density at radius 1 is 1.17 bits per heavy atom. The van der Waals surface area contributed by atoms with Gasteiger partial charge in [0.1, 0.15) is 5.82 Å². The molecule has 0 fully saturated rings. The molecule has 0 radical (unpaired) electrons. The minimum Gasteiger partial charge on any atom is -0.493 e. The summed E-state index contributed by atoms with van der Waals surface area (Å²) in [5, 5.41) is 3.16. The van der Waals surface area contributed by atoms with Crippen LogP contribution in [0.5, 0.6) is 17.2 Å². The van der Waals surface area contributed by atoms with Gasteiger partial charge in [0.05, 0.1) is 33.5 Å². The van der Waals surface area contributed by atoms with Crippen LogP contribution in [-0.2, 0) is 9.53 Å². The van der Waals surface area contributed by atoms with E-state index in [0.717, 1.165) is 13.0 Å². The molecule has 0 saturated heterocycles. The fourth-order valence-electron chi connectivity index (χ4n) is 3.17. The van der Waals surface area contributed by atoms with E-state index in [0.29, 0.717) is 53.3 Å². The zero-order valence-electron chi connectivity index (χ0n) is 17.6. The summed E-state index contributed by atoms with van der Waals surface area (Å²) in [4.78, 5) is 22.9. The third-order valence-corrected chi connectivity index (χ3v) is 4.55. The average Bonchev–Trinajstić information content (AvgIpc) is 2.78. The predicted molar refractivity (Wildman–Crippen MR) is 113 cm³/mol. The van der Waals surface area contributed by atoms with Gasteiger partial charge in [-0.3, -0.25) is 0 Å². The van der Waals surface area contributed by atoms with Crippen LogP contribution in [0.3, 0.4) is 0 Å². The average molecular weight is 414 g/mol. The van der Waals surface area contributed by atoms with Crippen LogP contribution in [0.4, 0.5) is 17.5 Å². The SMILES string of the molecule is CCOC(=O)C1=CN(c2ccnc(Nc3cc(OC)c(OC)c(OC)c3)n2)CCC1. The van der Waals surface area contributed by atoms with Gasteiger partial charge in [-0.25, -0.2) is 9.78 Å². The molecule has 1 aliphatic heterocycles. The van der Waals surface area contributed by atoms with Crippen molar-refractivity contribution in [2.24, 2.45) is 0 Å². The summed E-state index contributed by atoms with van der Waals surface area (Å²) < 4.78 is 21.2. The number of anilines is 3. The summed E-state index contributed by atoms with van der Waals surface area (Å²) in [6.45, 7) is 2.90. The van der Waals surface area contributed by atoms with Crippen molar-refractivity contribution < 1.29 is 23.7 Å². The number of ether oxygens (including phenoxy) is 4. The number of rotatable bonds is 8. The molecule has 2 heterocycles. The van der Waals surface area contributed by atoms with Gasteiger partial charge in [0.15, 0.2) is 11.5 Å². The van der Waals surface area contributed by atoms with Crippen molar-refractivity contribution in [3.05, 3.63) is 36.2 Å². The first-order chi connectivity index (χ1) is 14.6. The number of carbonyl (C=O) groups is 1. The Kier molecular flexibility index (Phi) is 6.95. The lowest BCUT2D eigenvalue weighted by Gasteiger charge is -2.25. The van der Waals surface area contributed by atoms with Crippen molar-refractivity contribution in [3.8, 4) is 17.2 Å². The van der Waals surface area contributed by atoms with E-state index in [9.17, 15) is 4.79 Å². The second kappa shape index (κ2) is 9.82.